The van der Waals surface area contributed by atoms with E-state index in [2.05, 4.69) is 20.9 Å². The van der Waals surface area contributed by atoms with E-state index < -0.39 is 126 Å². The summed E-state index contributed by atoms with van der Waals surface area (Å²) < 4.78 is 163. The van der Waals surface area contributed by atoms with E-state index in [0.29, 0.717) is 18.2 Å². The van der Waals surface area contributed by atoms with E-state index in [4.69, 9.17) is 11.6 Å². The molecule has 0 heterocycles. The summed E-state index contributed by atoms with van der Waals surface area (Å²) in [6, 6.07) is 10.1. The van der Waals surface area contributed by atoms with Gasteiger partial charge in [0.1, 0.15) is 26.1 Å². The molecule has 0 atom stereocenters. The maximum Gasteiger partial charge on any atom is 0.323 e. The molecular formula is C29H23ClN4Na4O16S5. The van der Waals surface area contributed by atoms with Crippen LogP contribution in [0.2, 0.25) is 0 Å². The summed E-state index contributed by atoms with van der Waals surface area (Å²) in [5.41, 5.74) is -2.71. The van der Waals surface area contributed by atoms with Gasteiger partial charge in [-0.15, -0.1) is 21.8 Å². The molecule has 0 aliphatic carbocycles. The van der Waals surface area contributed by atoms with Crippen LogP contribution in [-0.2, 0) is 50.3 Å². The van der Waals surface area contributed by atoms with Gasteiger partial charge >= 0.3 is 6.03 Å². The maximum absolute atomic E-state index is 13.1. The number of halogens is 1. The summed E-state index contributed by atoms with van der Waals surface area (Å²) in [7, 11) is -24.7. The summed E-state index contributed by atoms with van der Waals surface area (Å²) in [4.78, 5) is 8.81. The third kappa shape index (κ3) is 13.1. The number of urea groups is 1. The summed E-state index contributed by atoms with van der Waals surface area (Å²) >= 11 is 5.56. The van der Waals surface area contributed by atoms with Crippen LogP contribution in [0.25, 0.3) is 21.5 Å². The molecule has 0 aliphatic heterocycles. The molecule has 0 bridgehead atoms. The van der Waals surface area contributed by atoms with Gasteiger partial charge in [0, 0.05) is 146 Å². The van der Waals surface area contributed by atoms with Crippen molar-refractivity contribution >= 4 is 230 Å². The van der Waals surface area contributed by atoms with Crippen molar-refractivity contribution in [1.82, 2.24) is 0 Å². The minimum Gasteiger partial charge on any atom is -0.505 e. The molecule has 59 heavy (non-hydrogen) atoms. The van der Waals surface area contributed by atoms with Gasteiger partial charge in [-0.25, -0.2) is 13.2 Å². The largest absolute Gasteiger partial charge is 0.505 e. The minimum absolute atomic E-state index is 0. The molecular weight excluding hydrogens is 948 g/mol. The van der Waals surface area contributed by atoms with Gasteiger partial charge in [-0.3, -0.25) is 18.2 Å². The van der Waals surface area contributed by atoms with Gasteiger partial charge in [-0.1, -0.05) is 24.3 Å². The van der Waals surface area contributed by atoms with Crippen molar-refractivity contribution in [2.75, 3.05) is 22.3 Å². The monoisotopic (exact) mass is 970 g/mol. The number of nitrogens with zero attached hydrogens (tertiary/aromatic N) is 2. The van der Waals surface area contributed by atoms with Gasteiger partial charge in [0.2, 0.25) is 0 Å². The van der Waals surface area contributed by atoms with Gasteiger partial charge in [0.05, 0.1) is 21.2 Å². The second-order valence-electron chi connectivity index (χ2n) is 11.1. The average molecular weight is 971 g/mol. The molecule has 20 nitrogen and oxygen atoms in total. The van der Waals surface area contributed by atoms with Gasteiger partial charge in [-0.05, 0) is 53.9 Å². The number of hydrogen-bond donors (Lipinski definition) is 7. The van der Waals surface area contributed by atoms with Crippen LogP contribution in [-0.4, -0.2) is 201 Å². The van der Waals surface area contributed by atoms with E-state index in [0.717, 1.165) is 36.4 Å². The van der Waals surface area contributed by atoms with Crippen LogP contribution in [0.1, 0.15) is 0 Å². The first-order valence-corrected chi connectivity index (χ1v) is 22.5. The Morgan fingerprint density at radius 2 is 1.24 bits per heavy atom. The van der Waals surface area contributed by atoms with Crippen molar-refractivity contribution in [1.29, 1.82) is 0 Å². The molecule has 2 amide bonds. The number of nitrogens with one attached hydrogen (secondary N) is 2. The summed E-state index contributed by atoms with van der Waals surface area (Å²) in [5.74, 6) is -1.91. The molecule has 7 N–H and O–H groups in total. The zero-order valence-corrected chi connectivity index (χ0v) is 43.7. The standard InChI is InChI=1S/C29H23ClN4O16S5.4Na/c30-9-10-51(37,38)17-4-1-3-16(13-17)31-29(36)32-22-14-18(52(39,40)41)11-15-12-24(54(45,46)47)26(27(35)25(15)22)34-33-21-8-7-19-20(28(21)55(48,49)50)5-2-6-23(19)53(42,43)44;;;;/h1-8,11-14,35H,9-10H2,(H2,31,32,36)(H,39,40,41)(H,42,43,44)(H,45,46,47)(H,48,49,50);;;;. The molecule has 4 radical (unpaired) electrons. The molecule has 5 rings (SSSR count). The van der Waals surface area contributed by atoms with Gasteiger partial charge in [-0.2, -0.15) is 33.7 Å². The number of azo groups is 1. The van der Waals surface area contributed by atoms with Gasteiger partial charge in [0.25, 0.3) is 40.5 Å². The number of sulfone groups is 1. The van der Waals surface area contributed by atoms with E-state index in [1.165, 1.54) is 18.2 Å². The maximum atomic E-state index is 13.1. The normalized spacial score (nSPS) is 12.2. The number of carbonyl (C=O) groups excluding carboxylic acids is 1. The smallest absolute Gasteiger partial charge is 0.323 e. The third-order valence-electron chi connectivity index (χ3n) is 7.49. The number of phenols is 1. The Labute approximate surface area is 430 Å². The van der Waals surface area contributed by atoms with Crippen LogP contribution in [0.3, 0.4) is 0 Å². The van der Waals surface area contributed by atoms with E-state index in [-0.39, 0.29) is 135 Å². The van der Waals surface area contributed by atoms with Crippen LogP contribution in [0, 0.1) is 0 Å². The Morgan fingerprint density at radius 1 is 0.627 bits per heavy atom. The van der Waals surface area contributed by atoms with Crippen molar-refractivity contribution in [2.24, 2.45) is 10.2 Å². The Hall–Kier alpha value is -0.830. The Kier molecular flexibility index (Phi) is 20.2. The molecule has 0 aliphatic rings. The molecule has 0 aromatic heterocycles. The minimum atomic E-state index is -5.44. The molecule has 0 saturated heterocycles. The molecule has 5 aromatic carbocycles. The van der Waals surface area contributed by atoms with E-state index in [1.54, 1.807) is 0 Å². The first-order valence-electron chi connectivity index (χ1n) is 14.5. The van der Waals surface area contributed by atoms with E-state index >= 15 is 0 Å². The van der Waals surface area contributed by atoms with Crippen LogP contribution in [0.15, 0.2) is 108 Å². The SMILES string of the molecule is O=C(Nc1cccc(S(=O)(=O)CCCl)c1)Nc1cc(S(=O)(=O)O)cc2cc(S(=O)(=O)O)c(N=Nc3ccc4c(S(=O)(=O)O)cccc4c3S(=O)(=O)O)c(O)c12.[Na].[Na].[Na].[Na]. The Bertz CT molecular complexity index is 3070. The number of hydrogen-bond acceptors (Lipinski definition) is 14. The molecule has 0 spiro atoms. The number of fused-ring (bicyclic) bond motifs is 2. The van der Waals surface area contributed by atoms with Crippen LogP contribution < -0.4 is 10.6 Å². The van der Waals surface area contributed by atoms with Crippen LogP contribution in [0.5, 0.6) is 5.75 Å². The Balaban J connectivity index is 0.00000435. The predicted molar refractivity (Wildman–Crippen MR) is 218 cm³/mol. The summed E-state index contributed by atoms with van der Waals surface area (Å²) in [5, 5.41) is 21.0. The molecule has 30 heteroatoms. The first-order chi connectivity index (χ1) is 25.3. The first kappa shape index (κ1) is 56.2. The second kappa shape index (κ2) is 21.2. The van der Waals surface area contributed by atoms with Gasteiger partial charge in [0.15, 0.2) is 15.6 Å². The fourth-order valence-corrected chi connectivity index (χ4v) is 9.62. The number of rotatable bonds is 11. The molecule has 0 unspecified atom stereocenters. The van der Waals surface area contributed by atoms with E-state index in [9.17, 15) is 70.2 Å². The zero-order chi connectivity index (χ0) is 40.9. The fourth-order valence-electron chi connectivity index (χ4n) is 5.24. The number of amides is 2. The zero-order valence-electron chi connectivity index (χ0n) is 30.9. The summed E-state index contributed by atoms with van der Waals surface area (Å²) in [6.45, 7) is 0. The number of carbonyl (C=O) groups is 1. The third-order valence-corrected chi connectivity index (χ3v) is 13.2. The Morgan fingerprint density at radius 3 is 1.80 bits per heavy atom. The quantitative estimate of drug-likeness (QED) is 0.0432. The summed E-state index contributed by atoms with van der Waals surface area (Å²) in [6.07, 6.45) is 0. The molecule has 0 fully saturated rings. The second-order valence-corrected chi connectivity index (χ2v) is 19.2. The molecule has 0 saturated carbocycles. The van der Waals surface area contributed by atoms with Crippen molar-refractivity contribution in [2.45, 2.75) is 24.5 Å². The predicted octanol–water partition coefficient (Wildman–Crippen LogP) is 3.23. The fraction of sp³-hybridized carbons (Fsp3) is 0.0690. The number of phenolic OH excluding ortho intramolecular Hbond substituents is 1. The number of anilines is 2. The number of aromatic hydroxyl groups is 1. The molecule has 5 aromatic rings. The van der Waals surface area contributed by atoms with Gasteiger partial charge < -0.3 is 15.7 Å². The van der Waals surface area contributed by atoms with E-state index in [1.807, 2.05) is 0 Å². The average Bonchev–Trinajstić information content (AvgIpc) is 3.05. The topological polar surface area (TPSA) is 338 Å². The number of alkyl halides is 1. The van der Waals surface area contributed by atoms with Crippen molar-refractivity contribution < 1.29 is 70.2 Å². The number of benzene rings is 5. The van der Waals surface area contributed by atoms with Crippen molar-refractivity contribution in [3.63, 3.8) is 0 Å². The van der Waals surface area contributed by atoms with Crippen LogP contribution >= 0.6 is 11.6 Å². The van der Waals surface area contributed by atoms with Crippen molar-refractivity contribution in [3.05, 3.63) is 72.8 Å². The molecule has 296 valence electrons. The van der Waals surface area contributed by atoms with Crippen LogP contribution in [0.4, 0.5) is 27.5 Å². The van der Waals surface area contributed by atoms with Crippen molar-refractivity contribution in [3.8, 4) is 5.75 Å².